The highest BCUT2D eigenvalue weighted by Crippen LogP contribution is 2.25. The van der Waals surface area contributed by atoms with Gasteiger partial charge in [-0.15, -0.1) is 0 Å². The number of ether oxygens (including phenoxy) is 1. The van der Waals surface area contributed by atoms with Crippen LogP contribution in [0.2, 0.25) is 0 Å². The van der Waals surface area contributed by atoms with Gasteiger partial charge in [0.1, 0.15) is 5.82 Å². The van der Waals surface area contributed by atoms with Gasteiger partial charge in [-0.25, -0.2) is 9.18 Å². The smallest absolute Gasteiger partial charge is 0.319 e. The lowest BCUT2D eigenvalue weighted by Crippen LogP contribution is -2.41. The number of halogens is 1. The lowest BCUT2D eigenvalue weighted by Gasteiger charge is -2.27. The highest BCUT2D eigenvalue weighted by atomic mass is 19.1. The fourth-order valence-electron chi connectivity index (χ4n) is 2.55. The minimum atomic E-state index is -0.470. The predicted octanol–water partition coefficient (Wildman–Crippen LogP) is 2.68. The van der Waals surface area contributed by atoms with Gasteiger partial charge in [0.2, 0.25) is 0 Å². The normalized spacial score (nSPS) is 21.4. The van der Waals surface area contributed by atoms with Gasteiger partial charge in [0.15, 0.2) is 0 Å². The summed E-state index contributed by atoms with van der Waals surface area (Å²) in [7, 11) is 1.38. The molecule has 1 aromatic rings. The zero-order valence-electron chi connectivity index (χ0n) is 11.9. The van der Waals surface area contributed by atoms with E-state index in [4.69, 9.17) is 4.74 Å². The number of hydrogen-bond donors (Lipinski definition) is 2. The van der Waals surface area contributed by atoms with E-state index in [0.717, 1.165) is 0 Å². The van der Waals surface area contributed by atoms with Crippen molar-refractivity contribution in [2.75, 3.05) is 12.4 Å². The Morgan fingerprint density at radius 3 is 2.48 bits per heavy atom. The summed E-state index contributed by atoms with van der Waals surface area (Å²) in [5, 5.41) is 5.29. The van der Waals surface area contributed by atoms with E-state index < -0.39 is 11.8 Å². The predicted molar refractivity (Wildman–Crippen MR) is 76.3 cm³/mol. The average Bonchev–Trinajstić information content (AvgIpc) is 2.49. The van der Waals surface area contributed by atoms with Gasteiger partial charge in [-0.2, -0.15) is 0 Å². The summed E-state index contributed by atoms with van der Waals surface area (Å²) in [6, 6.07) is 5.58. The molecule has 0 aromatic heterocycles. The van der Waals surface area contributed by atoms with Gasteiger partial charge in [-0.3, -0.25) is 4.79 Å². The number of nitrogens with one attached hydrogen (secondary N) is 2. The number of hydrogen-bond acceptors (Lipinski definition) is 3. The third-order valence-corrected chi connectivity index (χ3v) is 3.72. The lowest BCUT2D eigenvalue weighted by molar-refractivity contribution is -0.146. The van der Waals surface area contributed by atoms with E-state index in [1.165, 1.54) is 19.2 Å². The van der Waals surface area contributed by atoms with Gasteiger partial charge >= 0.3 is 12.0 Å². The van der Waals surface area contributed by atoms with Crippen LogP contribution in [0.4, 0.5) is 14.9 Å². The van der Waals surface area contributed by atoms with Crippen LogP contribution in [0, 0.1) is 11.7 Å². The van der Waals surface area contributed by atoms with Crippen molar-refractivity contribution in [1.29, 1.82) is 0 Å². The van der Waals surface area contributed by atoms with Gasteiger partial charge in [0.05, 0.1) is 18.7 Å². The molecule has 1 fully saturated rings. The molecule has 0 radical (unpaired) electrons. The molecule has 1 aliphatic rings. The van der Waals surface area contributed by atoms with Gasteiger partial charge in [0, 0.05) is 6.04 Å². The molecule has 21 heavy (non-hydrogen) atoms. The third kappa shape index (κ3) is 4.18. The van der Waals surface area contributed by atoms with Crippen LogP contribution in [-0.2, 0) is 9.53 Å². The fraction of sp³-hybridized carbons (Fsp3) is 0.467. The molecule has 0 spiro atoms. The maximum atomic E-state index is 13.4. The molecule has 0 aliphatic heterocycles. The summed E-state index contributed by atoms with van der Waals surface area (Å²) in [5.74, 6) is -0.742. The van der Waals surface area contributed by atoms with E-state index in [1.807, 2.05) is 0 Å². The largest absolute Gasteiger partial charge is 0.469 e. The first kappa shape index (κ1) is 15.3. The molecular weight excluding hydrogens is 275 g/mol. The molecule has 1 aliphatic carbocycles. The fourth-order valence-corrected chi connectivity index (χ4v) is 2.55. The summed E-state index contributed by atoms with van der Waals surface area (Å²) < 4.78 is 18.1. The summed E-state index contributed by atoms with van der Waals surface area (Å²) in [5.41, 5.74) is 0.151. The van der Waals surface area contributed by atoms with Crippen molar-refractivity contribution in [2.45, 2.75) is 31.7 Å². The minimum absolute atomic E-state index is 0.00215. The molecule has 2 rings (SSSR count). The lowest BCUT2D eigenvalue weighted by atomic mass is 9.86. The molecule has 0 atom stereocenters. The summed E-state index contributed by atoms with van der Waals surface area (Å²) in [6.07, 6.45) is 2.81. The second kappa shape index (κ2) is 7.06. The molecule has 1 saturated carbocycles. The number of carbonyl (C=O) groups is 2. The number of rotatable bonds is 3. The van der Waals surface area contributed by atoms with Crippen molar-refractivity contribution in [1.82, 2.24) is 5.32 Å². The van der Waals surface area contributed by atoms with Gasteiger partial charge in [-0.1, -0.05) is 12.1 Å². The first-order valence-electron chi connectivity index (χ1n) is 7.00. The topological polar surface area (TPSA) is 67.4 Å². The molecule has 114 valence electrons. The summed E-state index contributed by atoms with van der Waals surface area (Å²) in [6.45, 7) is 0. The second-order valence-corrected chi connectivity index (χ2v) is 5.15. The summed E-state index contributed by atoms with van der Waals surface area (Å²) in [4.78, 5) is 23.2. The van der Waals surface area contributed by atoms with Gasteiger partial charge < -0.3 is 15.4 Å². The Labute approximate surface area is 122 Å². The number of methoxy groups -OCH3 is 1. The van der Waals surface area contributed by atoms with Crippen molar-refractivity contribution in [3.8, 4) is 0 Å². The van der Waals surface area contributed by atoms with E-state index in [2.05, 4.69) is 10.6 Å². The number of esters is 1. The zero-order valence-corrected chi connectivity index (χ0v) is 11.9. The first-order valence-corrected chi connectivity index (χ1v) is 7.00. The highest BCUT2D eigenvalue weighted by molar-refractivity contribution is 5.89. The number of benzene rings is 1. The van der Waals surface area contributed by atoms with Crippen LogP contribution in [-0.4, -0.2) is 25.2 Å². The molecule has 6 heteroatoms. The number of para-hydroxylation sites is 1. The van der Waals surface area contributed by atoms with Gasteiger partial charge in [-0.05, 0) is 37.8 Å². The SMILES string of the molecule is COC(=O)C1CCC(NC(=O)Nc2ccccc2F)CC1. The Morgan fingerprint density at radius 1 is 1.19 bits per heavy atom. The molecule has 1 aromatic carbocycles. The Morgan fingerprint density at radius 2 is 1.86 bits per heavy atom. The molecule has 0 heterocycles. The Bertz CT molecular complexity index is 513. The second-order valence-electron chi connectivity index (χ2n) is 5.15. The highest BCUT2D eigenvalue weighted by Gasteiger charge is 2.27. The van der Waals surface area contributed by atoms with Crippen molar-refractivity contribution < 1.29 is 18.7 Å². The Kier molecular flexibility index (Phi) is 5.14. The van der Waals surface area contributed by atoms with Crippen LogP contribution >= 0.6 is 0 Å². The first-order chi connectivity index (χ1) is 10.1. The standard InChI is InChI=1S/C15H19FN2O3/c1-21-14(19)10-6-8-11(9-7-10)17-15(20)18-13-5-3-2-4-12(13)16/h2-5,10-11H,6-9H2,1H3,(H2,17,18,20). The van der Waals surface area contributed by atoms with Crippen LogP contribution in [0.1, 0.15) is 25.7 Å². The number of anilines is 1. The third-order valence-electron chi connectivity index (χ3n) is 3.72. The molecule has 0 saturated heterocycles. The van der Waals surface area contributed by atoms with E-state index in [-0.39, 0.29) is 23.6 Å². The quantitative estimate of drug-likeness (QED) is 0.842. The molecule has 0 bridgehead atoms. The monoisotopic (exact) mass is 294 g/mol. The molecule has 0 unspecified atom stereocenters. The average molecular weight is 294 g/mol. The van der Waals surface area contributed by atoms with Crippen molar-refractivity contribution in [3.05, 3.63) is 30.1 Å². The number of carbonyl (C=O) groups excluding carboxylic acids is 2. The van der Waals surface area contributed by atoms with Crippen molar-refractivity contribution in [3.63, 3.8) is 0 Å². The minimum Gasteiger partial charge on any atom is -0.469 e. The number of urea groups is 1. The molecular formula is C15H19FN2O3. The van der Waals surface area contributed by atoms with E-state index in [0.29, 0.717) is 25.7 Å². The zero-order chi connectivity index (χ0) is 15.2. The number of amides is 2. The van der Waals surface area contributed by atoms with Crippen LogP contribution in [0.5, 0.6) is 0 Å². The van der Waals surface area contributed by atoms with Crippen LogP contribution in [0.15, 0.2) is 24.3 Å². The molecule has 2 amide bonds. The summed E-state index contributed by atoms with van der Waals surface area (Å²) >= 11 is 0. The van der Waals surface area contributed by atoms with E-state index in [1.54, 1.807) is 12.1 Å². The van der Waals surface area contributed by atoms with Crippen LogP contribution in [0.3, 0.4) is 0 Å². The van der Waals surface area contributed by atoms with E-state index in [9.17, 15) is 14.0 Å². The maximum absolute atomic E-state index is 13.4. The molecule has 5 nitrogen and oxygen atoms in total. The van der Waals surface area contributed by atoms with Crippen molar-refractivity contribution >= 4 is 17.7 Å². The Balaban J connectivity index is 1.80. The van der Waals surface area contributed by atoms with Crippen molar-refractivity contribution in [2.24, 2.45) is 5.92 Å². The maximum Gasteiger partial charge on any atom is 0.319 e. The van der Waals surface area contributed by atoms with Crippen LogP contribution < -0.4 is 10.6 Å². The van der Waals surface area contributed by atoms with Gasteiger partial charge in [0.25, 0.3) is 0 Å². The molecule has 2 N–H and O–H groups in total. The Hall–Kier alpha value is -2.11. The van der Waals surface area contributed by atoms with Crippen LogP contribution in [0.25, 0.3) is 0 Å². The van der Waals surface area contributed by atoms with E-state index >= 15 is 0 Å².